The van der Waals surface area contributed by atoms with Crippen LogP contribution in [0.15, 0.2) is 24.3 Å². The van der Waals surface area contributed by atoms with Crippen molar-refractivity contribution in [2.75, 3.05) is 47.5 Å². The van der Waals surface area contributed by atoms with Crippen LogP contribution >= 0.6 is 7.82 Å². The molecular formula is C44H84NO8P. The summed E-state index contributed by atoms with van der Waals surface area (Å²) in [5, 5.41) is 0. The normalized spacial score (nSPS) is 13.8. The lowest BCUT2D eigenvalue weighted by atomic mass is 10.1. The van der Waals surface area contributed by atoms with E-state index in [1.807, 2.05) is 21.1 Å². The Kier molecular flexibility index (Phi) is 36.1. The Balaban J connectivity index is 4.39. The van der Waals surface area contributed by atoms with Gasteiger partial charge in [0, 0.05) is 12.8 Å². The van der Waals surface area contributed by atoms with Crippen LogP contribution in [-0.4, -0.2) is 70.0 Å². The summed E-state index contributed by atoms with van der Waals surface area (Å²) in [4.78, 5) is 37.5. The fourth-order valence-electron chi connectivity index (χ4n) is 5.94. The van der Waals surface area contributed by atoms with Crippen LogP contribution < -0.4 is 4.89 Å². The lowest BCUT2D eigenvalue weighted by Gasteiger charge is -2.28. The highest BCUT2D eigenvalue weighted by molar-refractivity contribution is 7.45. The summed E-state index contributed by atoms with van der Waals surface area (Å²) >= 11 is 0. The fraction of sp³-hybridized carbons (Fsp3) is 0.864. The van der Waals surface area contributed by atoms with Crippen molar-refractivity contribution in [3.8, 4) is 0 Å². The summed E-state index contributed by atoms with van der Waals surface area (Å²) in [5.74, 6) is -0.857. The van der Waals surface area contributed by atoms with Gasteiger partial charge in [-0.05, 0) is 64.2 Å². The van der Waals surface area contributed by atoms with E-state index >= 15 is 0 Å². The lowest BCUT2D eigenvalue weighted by Crippen LogP contribution is -2.37. The van der Waals surface area contributed by atoms with E-state index in [0.29, 0.717) is 23.9 Å². The predicted octanol–water partition coefficient (Wildman–Crippen LogP) is 11.7. The minimum atomic E-state index is -4.63. The first-order valence-corrected chi connectivity index (χ1v) is 23.5. The topological polar surface area (TPSA) is 111 Å². The average Bonchev–Trinajstić information content (AvgIpc) is 3.12. The second kappa shape index (κ2) is 37.1. The molecule has 0 aliphatic carbocycles. The van der Waals surface area contributed by atoms with E-state index in [0.717, 1.165) is 64.2 Å². The summed E-state index contributed by atoms with van der Waals surface area (Å²) in [7, 11) is 1.16. The van der Waals surface area contributed by atoms with Gasteiger partial charge in [0.1, 0.15) is 19.8 Å². The van der Waals surface area contributed by atoms with Crippen LogP contribution in [-0.2, 0) is 32.7 Å². The van der Waals surface area contributed by atoms with Gasteiger partial charge in [0.15, 0.2) is 6.10 Å². The molecule has 0 aromatic rings. The molecule has 0 heterocycles. The van der Waals surface area contributed by atoms with Crippen LogP contribution in [0.25, 0.3) is 0 Å². The Morgan fingerprint density at radius 1 is 0.556 bits per heavy atom. The second-order valence-electron chi connectivity index (χ2n) is 16.1. The number of phosphoric ester groups is 1. The number of carbonyl (C=O) groups excluding carboxylic acids is 2. The first kappa shape index (κ1) is 52.5. The largest absolute Gasteiger partial charge is 0.756 e. The van der Waals surface area contributed by atoms with Crippen molar-refractivity contribution < 1.29 is 42.1 Å². The zero-order valence-corrected chi connectivity index (χ0v) is 36.6. The van der Waals surface area contributed by atoms with Crippen molar-refractivity contribution >= 4 is 19.8 Å². The Hall–Kier alpha value is -1.51. The third-order valence-corrected chi connectivity index (χ3v) is 10.4. The highest BCUT2D eigenvalue weighted by Crippen LogP contribution is 2.38. The number of esters is 2. The number of hydrogen-bond donors (Lipinski definition) is 0. The zero-order valence-electron chi connectivity index (χ0n) is 35.7. The number of hydrogen-bond acceptors (Lipinski definition) is 8. The molecule has 0 aromatic heterocycles. The Morgan fingerprint density at radius 3 is 1.37 bits per heavy atom. The maximum Gasteiger partial charge on any atom is 0.306 e. The first-order valence-electron chi connectivity index (χ1n) is 22.0. The molecule has 0 saturated heterocycles. The molecule has 2 atom stereocenters. The van der Waals surface area contributed by atoms with Crippen molar-refractivity contribution in [3.63, 3.8) is 0 Å². The zero-order chi connectivity index (χ0) is 40.0. The fourth-order valence-corrected chi connectivity index (χ4v) is 6.67. The Morgan fingerprint density at radius 2 is 0.944 bits per heavy atom. The minimum absolute atomic E-state index is 0.0335. The number of unbranched alkanes of at least 4 members (excludes halogenated alkanes) is 22. The van der Waals surface area contributed by atoms with Gasteiger partial charge in [-0.1, -0.05) is 141 Å². The number of ether oxygens (including phenoxy) is 2. The second-order valence-corrected chi connectivity index (χ2v) is 17.5. The number of carbonyl (C=O) groups is 2. The molecule has 1 unspecified atom stereocenters. The molecule has 0 bridgehead atoms. The van der Waals surface area contributed by atoms with Crippen LogP contribution in [0.1, 0.15) is 194 Å². The highest BCUT2D eigenvalue weighted by Gasteiger charge is 2.21. The molecule has 0 spiro atoms. The van der Waals surface area contributed by atoms with Gasteiger partial charge < -0.3 is 27.9 Å². The summed E-state index contributed by atoms with van der Waals surface area (Å²) in [6.45, 7) is 4.20. The number of allylic oxidation sites excluding steroid dienone is 4. The molecule has 10 heteroatoms. The van der Waals surface area contributed by atoms with Crippen LogP contribution in [0, 0.1) is 0 Å². The molecule has 0 aromatic carbocycles. The maximum absolute atomic E-state index is 12.7. The van der Waals surface area contributed by atoms with E-state index in [1.165, 1.54) is 89.9 Å². The molecule has 0 saturated carbocycles. The SMILES string of the molecule is CCCCCCCCC/C=C\CCCCCCC(=O)OC[C@H](COP(=O)([O-])OCC[N+](C)(C)C)OC(=O)CCCCCC/C=C\CCCCCCCCC. The van der Waals surface area contributed by atoms with E-state index < -0.39 is 32.5 Å². The molecule has 0 amide bonds. The molecule has 0 N–H and O–H groups in total. The van der Waals surface area contributed by atoms with Crippen molar-refractivity contribution in [3.05, 3.63) is 24.3 Å². The standard InChI is InChI=1S/C44H84NO8P/c1-6-8-10-12-14-16-18-20-22-24-26-28-30-32-34-36-43(46)50-40-42(41-52-54(48,49)51-39-38-45(3,4)5)53-44(47)37-35-33-31-29-27-25-23-21-19-17-15-13-11-9-7-2/h22-25,42H,6-21,26-41H2,1-5H3/b24-22-,25-23-/t42-/m1/s1. The quantitative estimate of drug-likeness (QED) is 0.0198. The smallest absolute Gasteiger partial charge is 0.306 e. The van der Waals surface area contributed by atoms with E-state index in [-0.39, 0.29) is 26.1 Å². The van der Waals surface area contributed by atoms with E-state index in [2.05, 4.69) is 38.2 Å². The summed E-state index contributed by atoms with van der Waals surface area (Å²) in [5.41, 5.74) is 0. The van der Waals surface area contributed by atoms with Crippen LogP contribution in [0.4, 0.5) is 0 Å². The molecule has 318 valence electrons. The highest BCUT2D eigenvalue weighted by atomic mass is 31.2. The summed E-state index contributed by atoms with van der Waals surface area (Å²) < 4.78 is 33.9. The molecule has 9 nitrogen and oxygen atoms in total. The molecule has 0 fully saturated rings. The minimum Gasteiger partial charge on any atom is -0.756 e. The van der Waals surface area contributed by atoms with E-state index in [4.69, 9.17) is 18.5 Å². The van der Waals surface area contributed by atoms with E-state index in [9.17, 15) is 19.0 Å². The van der Waals surface area contributed by atoms with Gasteiger partial charge in [-0.3, -0.25) is 14.2 Å². The number of rotatable bonds is 40. The third-order valence-electron chi connectivity index (χ3n) is 9.44. The van der Waals surface area contributed by atoms with Crippen LogP contribution in [0.2, 0.25) is 0 Å². The van der Waals surface area contributed by atoms with Gasteiger partial charge >= 0.3 is 11.9 Å². The van der Waals surface area contributed by atoms with Crippen molar-refractivity contribution in [2.24, 2.45) is 0 Å². The average molecular weight is 786 g/mol. The lowest BCUT2D eigenvalue weighted by molar-refractivity contribution is -0.870. The Labute approximate surface area is 332 Å². The van der Waals surface area contributed by atoms with Crippen molar-refractivity contribution in [2.45, 2.75) is 200 Å². The van der Waals surface area contributed by atoms with Gasteiger partial charge in [0.25, 0.3) is 7.82 Å². The molecule has 0 rings (SSSR count). The predicted molar refractivity (Wildman–Crippen MR) is 222 cm³/mol. The molecule has 0 aliphatic heterocycles. The van der Waals surface area contributed by atoms with Gasteiger partial charge in [0.05, 0.1) is 27.7 Å². The van der Waals surface area contributed by atoms with Gasteiger partial charge in [0.2, 0.25) is 0 Å². The number of nitrogens with zero attached hydrogens (tertiary/aromatic N) is 1. The van der Waals surface area contributed by atoms with Crippen molar-refractivity contribution in [1.29, 1.82) is 0 Å². The third kappa shape index (κ3) is 40.2. The molecule has 0 aliphatic rings. The summed E-state index contributed by atoms with van der Waals surface area (Å²) in [6.07, 6.45) is 39.1. The summed E-state index contributed by atoms with van der Waals surface area (Å²) in [6, 6.07) is 0. The first-order chi connectivity index (χ1) is 26.0. The molecule has 54 heavy (non-hydrogen) atoms. The number of quaternary nitrogens is 1. The van der Waals surface area contributed by atoms with Crippen LogP contribution in [0.5, 0.6) is 0 Å². The monoisotopic (exact) mass is 786 g/mol. The Bertz CT molecular complexity index is 980. The number of phosphoric acid groups is 1. The van der Waals surface area contributed by atoms with Crippen molar-refractivity contribution in [1.82, 2.24) is 0 Å². The number of likely N-dealkylation sites (N-methyl/N-ethyl adjacent to an activating group) is 1. The van der Waals surface area contributed by atoms with Crippen LogP contribution in [0.3, 0.4) is 0 Å². The molecular weight excluding hydrogens is 701 g/mol. The van der Waals surface area contributed by atoms with Gasteiger partial charge in [-0.2, -0.15) is 0 Å². The molecule has 0 radical (unpaired) electrons. The van der Waals surface area contributed by atoms with Gasteiger partial charge in [-0.15, -0.1) is 0 Å². The van der Waals surface area contributed by atoms with Gasteiger partial charge in [-0.25, -0.2) is 0 Å². The van der Waals surface area contributed by atoms with E-state index in [1.54, 1.807) is 0 Å². The maximum atomic E-state index is 12.7.